The van der Waals surface area contributed by atoms with E-state index >= 15 is 0 Å². The van der Waals surface area contributed by atoms with Gasteiger partial charge in [-0.2, -0.15) is 0 Å². The minimum absolute atomic E-state index is 0.216. The van der Waals surface area contributed by atoms with Crippen molar-refractivity contribution in [2.45, 2.75) is 33.1 Å². The fourth-order valence-corrected chi connectivity index (χ4v) is 2.46. The zero-order chi connectivity index (χ0) is 19.2. The number of aryl methyl sites for hydroxylation is 2. The fraction of sp³-hybridized carbons (Fsp3) is 0.368. The average molecular weight is 370 g/mol. The first-order valence-electron chi connectivity index (χ1n) is 8.22. The molecule has 2 rings (SSSR count). The van der Waals surface area contributed by atoms with E-state index in [2.05, 4.69) is 4.74 Å². The molecule has 0 saturated heterocycles. The lowest BCUT2D eigenvalue weighted by atomic mass is 10.1. The predicted molar refractivity (Wildman–Crippen MR) is 91.0 cm³/mol. The first-order valence-corrected chi connectivity index (χ1v) is 8.22. The number of rotatable bonds is 8. The lowest BCUT2D eigenvalue weighted by Crippen LogP contribution is -2.17. The van der Waals surface area contributed by atoms with Crippen LogP contribution in [0.25, 0.3) is 0 Å². The van der Waals surface area contributed by atoms with Crippen molar-refractivity contribution in [1.29, 1.82) is 0 Å². The van der Waals surface area contributed by atoms with E-state index in [1.54, 1.807) is 12.1 Å². The second kappa shape index (κ2) is 8.69. The largest absolute Gasteiger partial charge is 0.573 e. The van der Waals surface area contributed by atoms with Crippen LogP contribution in [-0.4, -0.2) is 24.7 Å². The summed E-state index contributed by atoms with van der Waals surface area (Å²) in [6.07, 6.45) is -3.36. The van der Waals surface area contributed by atoms with Crippen molar-refractivity contribution in [3.8, 4) is 23.0 Å². The van der Waals surface area contributed by atoms with Crippen molar-refractivity contribution in [2.24, 2.45) is 0 Å². The number of aromatic hydroxyl groups is 1. The molecule has 0 unspecified atom stereocenters. The van der Waals surface area contributed by atoms with Crippen molar-refractivity contribution < 1.29 is 32.5 Å². The van der Waals surface area contributed by atoms with Gasteiger partial charge in [-0.3, -0.25) is 0 Å². The Morgan fingerprint density at radius 3 is 2.19 bits per heavy atom. The minimum Gasteiger partial charge on any atom is -0.508 e. The van der Waals surface area contributed by atoms with Gasteiger partial charge in [-0.25, -0.2) is 0 Å². The zero-order valence-corrected chi connectivity index (χ0v) is 14.6. The van der Waals surface area contributed by atoms with Crippen LogP contribution in [0.4, 0.5) is 13.2 Å². The average Bonchev–Trinajstić information content (AvgIpc) is 2.55. The zero-order valence-electron chi connectivity index (χ0n) is 14.6. The van der Waals surface area contributed by atoms with Crippen molar-refractivity contribution in [3.05, 3.63) is 47.5 Å². The van der Waals surface area contributed by atoms with Gasteiger partial charge in [0, 0.05) is 6.42 Å². The van der Waals surface area contributed by atoms with E-state index in [0.717, 1.165) is 23.3 Å². The monoisotopic (exact) mass is 370 g/mol. The number of hydrogen-bond acceptors (Lipinski definition) is 4. The SMILES string of the molecule is CCc1cc(O)cc(C)c1OCCCOc1ccc(OC(F)(F)F)cc1. The van der Waals surface area contributed by atoms with E-state index in [4.69, 9.17) is 9.47 Å². The van der Waals surface area contributed by atoms with Gasteiger partial charge in [-0.15, -0.1) is 13.2 Å². The van der Waals surface area contributed by atoms with Gasteiger partial charge >= 0.3 is 6.36 Å². The third-order valence-corrected chi connectivity index (χ3v) is 3.58. The highest BCUT2D eigenvalue weighted by molar-refractivity contribution is 5.46. The van der Waals surface area contributed by atoms with Crippen LogP contribution < -0.4 is 14.2 Å². The Kier molecular flexibility index (Phi) is 6.60. The quantitative estimate of drug-likeness (QED) is 0.664. The molecule has 7 heteroatoms. The summed E-state index contributed by atoms with van der Waals surface area (Å²) in [4.78, 5) is 0. The van der Waals surface area contributed by atoms with Gasteiger partial charge in [0.1, 0.15) is 23.0 Å². The molecule has 0 bridgehead atoms. The number of alkyl halides is 3. The molecule has 0 aliphatic rings. The number of phenols is 1. The molecule has 0 amide bonds. The summed E-state index contributed by atoms with van der Waals surface area (Å²) in [5, 5.41) is 9.62. The Morgan fingerprint density at radius 2 is 1.58 bits per heavy atom. The molecular weight excluding hydrogens is 349 g/mol. The summed E-state index contributed by atoms with van der Waals surface area (Å²) in [6.45, 7) is 4.64. The van der Waals surface area contributed by atoms with Crippen molar-refractivity contribution in [1.82, 2.24) is 0 Å². The van der Waals surface area contributed by atoms with Crippen LogP contribution in [0.2, 0.25) is 0 Å². The third kappa shape index (κ3) is 6.06. The molecule has 4 nitrogen and oxygen atoms in total. The van der Waals surface area contributed by atoms with Gasteiger partial charge < -0.3 is 19.3 Å². The minimum atomic E-state index is -4.70. The van der Waals surface area contributed by atoms with E-state index < -0.39 is 6.36 Å². The van der Waals surface area contributed by atoms with Crippen LogP contribution in [0.3, 0.4) is 0 Å². The molecule has 0 aliphatic heterocycles. The molecule has 0 heterocycles. The highest BCUT2D eigenvalue weighted by atomic mass is 19.4. The molecule has 0 aromatic heterocycles. The smallest absolute Gasteiger partial charge is 0.508 e. The van der Waals surface area contributed by atoms with Gasteiger partial charge in [0.15, 0.2) is 0 Å². The maximum atomic E-state index is 12.1. The summed E-state index contributed by atoms with van der Waals surface area (Å²) >= 11 is 0. The van der Waals surface area contributed by atoms with E-state index in [9.17, 15) is 18.3 Å². The van der Waals surface area contributed by atoms with Crippen LogP contribution >= 0.6 is 0 Å². The molecule has 2 aromatic rings. The van der Waals surface area contributed by atoms with Gasteiger partial charge in [0.05, 0.1) is 13.2 Å². The molecule has 26 heavy (non-hydrogen) atoms. The van der Waals surface area contributed by atoms with Crippen LogP contribution in [0.15, 0.2) is 36.4 Å². The van der Waals surface area contributed by atoms with Crippen LogP contribution in [0.5, 0.6) is 23.0 Å². The van der Waals surface area contributed by atoms with E-state index in [0.29, 0.717) is 25.4 Å². The first-order chi connectivity index (χ1) is 12.3. The van der Waals surface area contributed by atoms with Crippen molar-refractivity contribution in [3.63, 3.8) is 0 Å². The lowest BCUT2D eigenvalue weighted by molar-refractivity contribution is -0.274. The number of halogens is 3. The highest BCUT2D eigenvalue weighted by Crippen LogP contribution is 2.29. The summed E-state index contributed by atoms with van der Waals surface area (Å²) in [5.41, 5.74) is 1.80. The maximum Gasteiger partial charge on any atom is 0.573 e. The summed E-state index contributed by atoms with van der Waals surface area (Å²) < 4.78 is 51.3. The second-order valence-corrected chi connectivity index (χ2v) is 5.67. The van der Waals surface area contributed by atoms with Gasteiger partial charge in [0.2, 0.25) is 0 Å². The number of ether oxygens (including phenoxy) is 3. The Balaban J connectivity index is 1.78. The maximum absolute atomic E-state index is 12.1. The molecule has 2 aromatic carbocycles. The summed E-state index contributed by atoms with van der Waals surface area (Å²) in [6, 6.07) is 8.57. The van der Waals surface area contributed by atoms with Crippen molar-refractivity contribution in [2.75, 3.05) is 13.2 Å². The Bertz CT molecular complexity index is 712. The van der Waals surface area contributed by atoms with Crippen molar-refractivity contribution >= 4 is 0 Å². The van der Waals surface area contributed by atoms with Gasteiger partial charge in [-0.05, 0) is 60.9 Å². The number of hydrogen-bond donors (Lipinski definition) is 1. The Morgan fingerprint density at radius 1 is 0.962 bits per heavy atom. The van der Waals surface area contributed by atoms with Crippen LogP contribution in [0.1, 0.15) is 24.5 Å². The molecule has 0 fully saturated rings. The standard InChI is InChI=1S/C19H21F3O4/c1-3-14-12-15(23)11-13(2)18(14)25-10-4-9-24-16-5-7-17(8-6-16)26-19(20,21)22/h5-8,11-12,23H,3-4,9-10H2,1-2H3. The highest BCUT2D eigenvalue weighted by Gasteiger charge is 2.30. The lowest BCUT2D eigenvalue weighted by Gasteiger charge is -2.14. The molecular formula is C19H21F3O4. The molecule has 1 N–H and O–H groups in total. The Labute approximate surface area is 150 Å². The van der Waals surface area contributed by atoms with E-state index in [1.165, 1.54) is 24.3 Å². The fourth-order valence-electron chi connectivity index (χ4n) is 2.46. The normalized spacial score (nSPS) is 11.3. The van der Waals surface area contributed by atoms with Crippen LogP contribution in [-0.2, 0) is 6.42 Å². The van der Waals surface area contributed by atoms with E-state index in [-0.39, 0.29) is 11.5 Å². The van der Waals surface area contributed by atoms with Gasteiger partial charge in [0.25, 0.3) is 0 Å². The molecule has 0 radical (unpaired) electrons. The molecule has 0 saturated carbocycles. The molecule has 0 spiro atoms. The third-order valence-electron chi connectivity index (χ3n) is 3.58. The number of phenolic OH excluding ortho intramolecular Hbond substituents is 1. The summed E-state index contributed by atoms with van der Waals surface area (Å²) in [5.74, 6) is 1.14. The van der Waals surface area contributed by atoms with E-state index in [1.807, 2.05) is 13.8 Å². The Hall–Kier alpha value is -2.57. The van der Waals surface area contributed by atoms with Crippen LogP contribution in [0, 0.1) is 6.92 Å². The number of benzene rings is 2. The molecule has 142 valence electrons. The topological polar surface area (TPSA) is 47.9 Å². The molecule has 0 aliphatic carbocycles. The first kappa shape index (κ1) is 19.8. The van der Waals surface area contributed by atoms with Gasteiger partial charge in [-0.1, -0.05) is 6.92 Å². The predicted octanol–water partition coefficient (Wildman–Crippen LogP) is 5.01. The summed E-state index contributed by atoms with van der Waals surface area (Å²) in [7, 11) is 0. The second-order valence-electron chi connectivity index (χ2n) is 5.67. The molecule has 0 atom stereocenters.